The summed E-state index contributed by atoms with van der Waals surface area (Å²) in [5.41, 5.74) is 0. The van der Waals surface area contributed by atoms with E-state index in [1.807, 2.05) is 0 Å². The summed E-state index contributed by atoms with van der Waals surface area (Å²) in [7, 11) is 0.608. The third-order valence-electron chi connectivity index (χ3n) is 1.43. The number of rotatable bonds is 2. The topological polar surface area (TPSA) is 43.4 Å². The predicted molar refractivity (Wildman–Crippen MR) is 53.4 cm³/mol. The second-order valence-electron chi connectivity index (χ2n) is 2.59. The zero-order valence-corrected chi connectivity index (χ0v) is 9.79. The lowest BCUT2D eigenvalue weighted by Crippen LogP contribution is -2.18. The summed E-state index contributed by atoms with van der Waals surface area (Å²) in [4.78, 5) is -1.03. The molecule has 0 unspecified atom stereocenters. The minimum atomic E-state index is -5.00. The molecule has 16 heavy (non-hydrogen) atoms. The van der Waals surface area contributed by atoms with Crippen molar-refractivity contribution in [3.8, 4) is 5.75 Å². The van der Waals surface area contributed by atoms with E-state index in [1.54, 1.807) is 0 Å². The Bertz CT molecular complexity index is 498. The van der Waals surface area contributed by atoms with E-state index < -0.39 is 26.1 Å². The minimum Gasteiger partial charge on any atom is -0.404 e. The number of hydrogen-bond acceptors (Lipinski definition) is 4. The SMILES string of the molecule is O=S(=O)(Cl)c1c(S)cccc1OC(F)(F)F. The molecule has 90 valence electrons. The molecular weight excluding hydrogens is 289 g/mol. The molecule has 9 heteroatoms. The third-order valence-corrected chi connectivity index (χ3v) is 3.32. The second-order valence-corrected chi connectivity index (χ2v) is 5.57. The first-order valence-electron chi connectivity index (χ1n) is 3.63. The Morgan fingerprint density at radius 3 is 2.31 bits per heavy atom. The smallest absolute Gasteiger partial charge is 0.404 e. The highest BCUT2D eigenvalue weighted by molar-refractivity contribution is 8.14. The van der Waals surface area contributed by atoms with E-state index in [-0.39, 0.29) is 4.90 Å². The van der Waals surface area contributed by atoms with Gasteiger partial charge in [0, 0.05) is 15.6 Å². The lowest BCUT2D eigenvalue weighted by Gasteiger charge is -2.12. The molecule has 0 aromatic heterocycles. The average molecular weight is 293 g/mol. The van der Waals surface area contributed by atoms with Crippen molar-refractivity contribution in [2.45, 2.75) is 16.2 Å². The zero-order chi connectivity index (χ0) is 12.6. The molecular formula is C7H4ClF3O3S2. The van der Waals surface area contributed by atoms with Gasteiger partial charge in [-0.15, -0.1) is 25.8 Å². The summed E-state index contributed by atoms with van der Waals surface area (Å²) >= 11 is 3.70. The van der Waals surface area contributed by atoms with Gasteiger partial charge in [0.15, 0.2) is 5.75 Å². The van der Waals surface area contributed by atoms with Crippen LogP contribution in [-0.4, -0.2) is 14.8 Å². The molecule has 0 saturated carbocycles. The molecule has 0 fully saturated rings. The highest BCUT2D eigenvalue weighted by Gasteiger charge is 2.34. The highest BCUT2D eigenvalue weighted by atomic mass is 35.7. The normalized spacial score (nSPS) is 12.6. The van der Waals surface area contributed by atoms with Gasteiger partial charge in [0.05, 0.1) is 0 Å². The molecule has 0 saturated heterocycles. The van der Waals surface area contributed by atoms with Crippen molar-refractivity contribution in [3.05, 3.63) is 18.2 Å². The number of hydrogen-bond donors (Lipinski definition) is 1. The fourth-order valence-electron chi connectivity index (χ4n) is 0.954. The molecule has 0 aliphatic rings. The number of thiol groups is 1. The van der Waals surface area contributed by atoms with Crippen LogP contribution >= 0.6 is 23.3 Å². The molecule has 0 heterocycles. The maximum Gasteiger partial charge on any atom is 0.573 e. The standard InChI is InChI=1S/C7H4ClF3O3S2/c8-16(12,13)6-4(14-7(9,10)11)2-1-3-5(6)15/h1-3,15H. The Balaban J connectivity index is 3.36. The summed E-state index contributed by atoms with van der Waals surface area (Å²) in [5.74, 6) is -0.907. The van der Waals surface area contributed by atoms with Crippen LogP contribution < -0.4 is 4.74 Å². The highest BCUT2D eigenvalue weighted by Crippen LogP contribution is 2.35. The number of alkyl halides is 3. The fraction of sp³-hybridized carbons (Fsp3) is 0.143. The van der Waals surface area contributed by atoms with Crippen LogP contribution in [0.2, 0.25) is 0 Å². The average Bonchev–Trinajstić information content (AvgIpc) is 1.97. The Morgan fingerprint density at radius 1 is 1.31 bits per heavy atom. The van der Waals surface area contributed by atoms with Crippen molar-refractivity contribution in [2.24, 2.45) is 0 Å². The number of ether oxygens (including phenoxy) is 1. The van der Waals surface area contributed by atoms with Crippen molar-refractivity contribution in [1.29, 1.82) is 0 Å². The van der Waals surface area contributed by atoms with E-state index in [2.05, 4.69) is 17.4 Å². The number of halogens is 4. The summed E-state index contributed by atoms with van der Waals surface area (Å²) in [5, 5.41) is 0. The van der Waals surface area contributed by atoms with E-state index in [0.717, 1.165) is 12.1 Å². The summed E-state index contributed by atoms with van der Waals surface area (Å²) in [6, 6.07) is 3.18. The number of benzene rings is 1. The van der Waals surface area contributed by atoms with E-state index in [1.165, 1.54) is 6.07 Å². The quantitative estimate of drug-likeness (QED) is 0.673. The first kappa shape index (κ1) is 13.5. The molecule has 0 radical (unpaired) electrons. The molecule has 0 aliphatic heterocycles. The minimum absolute atomic E-state index is 0.225. The van der Waals surface area contributed by atoms with Gasteiger partial charge in [0.2, 0.25) is 0 Å². The van der Waals surface area contributed by atoms with Crippen LogP contribution in [0.5, 0.6) is 5.75 Å². The first-order chi connectivity index (χ1) is 7.11. The molecule has 0 spiro atoms. The first-order valence-corrected chi connectivity index (χ1v) is 6.39. The molecule has 3 nitrogen and oxygen atoms in total. The Kier molecular flexibility index (Phi) is 3.65. The summed E-state index contributed by atoms with van der Waals surface area (Å²) in [6.07, 6.45) is -5.00. The van der Waals surface area contributed by atoms with Crippen LogP contribution in [-0.2, 0) is 9.05 Å². The zero-order valence-electron chi connectivity index (χ0n) is 7.32. The molecule has 0 amide bonds. The van der Waals surface area contributed by atoms with Crippen LogP contribution in [0.25, 0.3) is 0 Å². The van der Waals surface area contributed by atoms with Gasteiger partial charge in [-0.1, -0.05) is 6.07 Å². The molecule has 0 aliphatic carbocycles. The van der Waals surface area contributed by atoms with Crippen molar-refractivity contribution in [2.75, 3.05) is 0 Å². The van der Waals surface area contributed by atoms with Gasteiger partial charge in [-0.3, -0.25) is 0 Å². The second kappa shape index (κ2) is 4.34. The van der Waals surface area contributed by atoms with Gasteiger partial charge >= 0.3 is 6.36 Å². The fourth-order valence-corrected chi connectivity index (χ4v) is 2.82. The van der Waals surface area contributed by atoms with Gasteiger partial charge in [-0.2, -0.15) is 0 Å². The van der Waals surface area contributed by atoms with Gasteiger partial charge < -0.3 is 4.74 Å². The third kappa shape index (κ3) is 3.46. The molecule has 1 rings (SSSR count). The van der Waals surface area contributed by atoms with Crippen molar-refractivity contribution in [1.82, 2.24) is 0 Å². The Hall–Kier alpha value is -0.600. The van der Waals surface area contributed by atoms with Gasteiger partial charge in [0.25, 0.3) is 9.05 Å². The van der Waals surface area contributed by atoms with E-state index in [9.17, 15) is 21.6 Å². The molecule has 0 bridgehead atoms. The van der Waals surface area contributed by atoms with E-state index in [0.29, 0.717) is 0 Å². The van der Waals surface area contributed by atoms with E-state index >= 15 is 0 Å². The van der Waals surface area contributed by atoms with Crippen molar-refractivity contribution < 1.29 is 26.3 Å². The van der Waals surface area contributed by atoms with Gasteiger partial charge in [-0.25, -0.2) is 8.42 Å². The molecule has 0 N–H and O–H groups in total. The molecule has 1 aromatic carbocycles. The maximum absolute atomic E-state index is 12.0. The van der Waals surface area contributed by atoms with Crippen LogP contribution in [0.15, 0.2) is 28.0 Å². The maximum atomic E-state index is 12.0. The summed E-state index contributed by atoms with van der Waals surface area (Å²) in [6.45, 7) is 0. The summed E-state index contributed by atoms with van der Waals surface area (Å²) < 4.78 is 61.5. The van der Waals surface area contributed by atoms with Crippen LogP contribution in [0.4, 0.5) is 13.2 Å². The molecule has 0 atom stereocenters. The van der Waals surface area contributed by atoms with Gasteiger partial charge in [0.1, 0.15) is 4.90 Å². The molecule has 1 aromatic rings. The Labute approximate surface area is 99.0 Å². The lowest BCUT2D eigenvalue weighted by atomic mass is 10.3. The lowest BCUT2D eigenvalue weighted by molar-refractivity contribution is -0.275. The predicted octanol–water partition coefficient (Wildman–Crippen LogP) is 2.80. The van der Waals surface area contributed by atoms with Crippen LogP contribution in [0.3, 0.4) is 0 Å². The largest absolute Gasteiger partial charge is 0.573 e. The van der Waals surface area contributed by atoms with Gasteiger partial charge in [-0.05, 0) is 12.1 Å². The van der Waals surface area contributed by atoms with Crippen LogP contribution in [0.1, 0.15) is 0 Å². The van der Waals surface area contributed by atoms with Crippen molar-refractivity contribution >= 4 is 32.4 Å². The van der Waals surface area contributed by atoms with E-state index in [4.69, 9.17) is 10.7 Å². The monoisotopic (exact) mass is 292 g/mol. The van der Waals surface area contributed by atoms with Crippen LogP contribution in [0, 0.1) is 0 Å². The van der Waals surface area contributed by atoms with Crippen molar-refractivity contribution in [3.63, 3.8) is 0 Å². The Morgan fingerprint density at radius 2 is 1.88 bits per heavy atom.